The molecule has 5 heterocycles. The van der Waals surface area contributed by atoms with Gasteiger partial charge in [-0.25, -0.2) is 0 Å². The lowest BCUT2D eigenvalue weighted by atomic mass is 9.97. The van der Waals surface area contributed by atoms with E-state index in [0.29, 0.717) is 38.5 Å². The Labute approximate surface area is 252 Å². The van der Waals surface area contributed by atoms with Crippen molar-refractivity contribution >= 4 is 24.1 Å². The van der Waals surface area contributed by atoms with E-state index in [2.05, 4.69) is 43.6 Å². The van der Waals surface area contributed by atoms with Gasteiger partial charge in [-0.1, -0.05) is 42.0 Å². The molecular weight excluding hydrogens is 540 g/mol. The van der Waals surface area contributed by atoms with Crippen molar-refractivity contribution in [3.63, 3.8) is 0 Å². The van der Waals surface area contributed by atoms with Crippen LogP contribution < -0.4 is 9.97 Å². The third kappa shape index (κ3) is 5.42. The summed E-state index contributed by atoms with van der Waals surface area (Å²) < 4.78 is 2.24. The Morgan fingerprint density at radius 2 is 1.28 bits per heavy atom. The molecule has 0 saturated heterocycles. The van der Waals surface area contributed by atoms with Crippen molar-refractivity contribution in [3.05, 3.63) is 103 Å². The number of carboxylic acid groups (broad SMARTS) is 2. The standard InChI is InChI=1S/C35H40N4O4/c1-8-22-18(3)28-17-33-23(9-2)21(6)32(39(33)7)16-27-20(5)25(11-13-35(42)43)31(38-27)15-30-24(10-12-34(40)41)19(4)26(36-30)14-29(22)37-28/h8-9,36H,1-2,10-17H2,3-7H3,(H,40,41)(H,42,43)/q-2. The number of nitrogens with zero attached hydrogens (tertiary/aromatic N) is 3. The Kier molecular flexibility index (Phi) is 8.14. The molecular formula is C35H40N4O4-2. The van der Waals surface area contributed by atoms with E-state index in [0.717, 1.165) is 90.1 Å². The molecule has 0 spiro atoms. The van der Waals surface area contributed by atoms with Crippen LogP contribution in [0.1, 0.15) is 103 Å². The number of fused-ring (bicyclic) bond motifs is 8. The number of nitrogens with one attached hydrogen (secondary N) is 1. The average molecular weight is 581 g/mol. The van der Waals surface area contributed by atoms with Crippen molar-refractivity contribution in [3.8, 4) is 0 Å². The average Bonchev–Trinajstić information content (AvgIpc) is 3.59. The zero-order valence-corrected chi connectivity index (χ0v) is 25.8. The third-order valence-corrected chi connectivity index (χ3v) is 9.39. The van der Waals surface area contributed by atoms with Crippen LogP contribution in [-0.4, -0.2) is 31.7 Å². The van der Waals surface area contributed by atoms with E-state index < -0.39 is 11.9 Å². The van der Waals surface area contributed by atoms with Crippen LogP contribution in [0.5, 0.6) is 0 Å². The molecule has 8 nitrogen and oxygen atoms in total. The van der Waals surface area contributed by atoms with Gasteiger partial charge < -0.3 is 29.7 Å². The number of hydrogen-bond acceptors (Lipinski definition) is 2. The van der Waals surface area contributed by atoms with Gasteiger partial charge in [-0.3, -0.25) is 9.59 Å². The number of H-pyrrole nitrogens is 1. The minimum Gasteiger partial charge on any atom is -0.664 e. The number of aromatic amines is 1. The van der Waals surface area contributed by atoms with Crippen LogP contribution in [0.15, 0.2) is 13.2 Å². The largest absolute Gasteiger partial charge is 0.664 e. The maximum Gasteiger partial charge on any atom is 0.303 e. The zero-order chi connectivity index (χ0) is 31.2. The lowest BCUT2D eigenvalue weighted by Crippen LogP contribution is -2.06. The first-order chi connectivity index (χ1) is 20.4. The molecule has 1 aliphatic rings. The quantitative estimate of drug-likeness (QED) is 0.223. The molecule has 0 saturated carbocycles. The van der Waals surface area contributed by atoms with E-state index in [1.54, 1.807) is 0 Å². The number of carboxylic acids is 2. The molecule has 43 heavy (non-hydrogen) atoms. The molecule has 0 unspecified atom stereocenters. The summed E-state index contributed by atoms with van der Waals surface area (Å²) in [6.45, 7) is 16.5. The van der Waals surface area contributed by atoms with Gasteiger partial charge in [0.1, 0.15) is 0 Å². The van der Waals surface area contributed by atoms with Crippen molar-refractivity contribution in [1.29, 1.82) is 0 Å². The Balaban J connectivity index is 1.75. The summed E-state index contributed by atoms with van der Waals surface area (Å²) in [7, 11) is 2.09. The van der Waals surface area contributed by atoms with Crippen LogP contribution in [0, 0.1) is 27.7 Å². The number of aromatic nitrogens is 4. The maximum absolute atomic E-state index is 11.6. The van der Waals surface area contributed by atoms with E-state index in [-0.39, 0.29) is 12.8 Å². The fourth-order valence-corrected chi connectivity index (χ4v) is 6.86. The molecule has 0 radical (unpaired) electrons. The highest BCUT2D eigenvalue weighted by molar-refractivity contribution is 5.68. The molecule has 5 rings (SSSR count). The maximum atomic E-state index is 11.6. The highest BCUT2D eigenvalue weighted by Crippen LogP contribution is 2.33. The van der Waals surface area contributed by atoms with Crippen LogP contribution in [0.3, 0.4) is 0 Å². The number of rotatable bonds is 8. The summed E-state index contributed by atoms with van der Waals surface area (Å²) in [5, 5.41) is 19.0. The molecule has 4 aromatic rings. The van der Waals surface area contributed by atoms with Gasteiger partial charge in [0.25, 0.3) is 0 Å². The molecule has 0 aliphatic carbocycles. The molecule has 1 aliphatic heterocycles. The van der Waals surface area contributed by atoms with Gasteiger partial charge >= 0.3 is 11.9 Å². The summed E-state index contributed by atoms with van der Waals surface area (Å²) in [6, 6.07) is 0. The predicted molar refractivity (Wildman–Crippen MR) is 168 cm³/mol. The molecule has 0 fully saturated rings. The fourth-order valence-electron chi connectivity index (χ4n) is 6.86. The monoisotopic (exact) mass is 580 g/mol. The predicted octanol–water partition coefficient (Wildman–Crippen LogP) is 5.50. The SMILES string of the molecule is C=Cc1c2[n-]c(c1C)Cc1c(C=C)c(C)c(n1C)Cc1[n-]c(c(CCC(=O)O)c1C)Cc1[nH]c(c(C)c1CCC(=O)O)C2. The lowest BCUT2D eigenvalue weighted by Gasteiger charge is -2.17. The second kappa shape index (κ2) is 11.7. The summed E-state index contributed by atoms with van der Waals surface area (Å²) >= 11 is 0. The topological polar surface area (TPSA) is 124 Å². The van der Waals surface area contributed by atoms with Gasteiger partial charge in [0.2, 0.25) is 0 Å². The lowest BCUT2D eigenvalue weighted by molar-refractivity contribution is -0.138. The summed E-state index contributed by atoms with van der Waals surface area (Å²) in [5.41, 5.74) is 16.3. The Hall–Kier alpha value is -4.46. The van der Waals surface area contributed by atoms with E-state index in [1.165, 1.54) is 0 Å². The molecule has 3 N–H and O–H groups in total. The van der Waals surface area contributed by atoms with Gasteiger partial charge in [0.05, 0.1) is 0 Å². The normalized spacial score (nSPS) is 12.9. The number of carbonyl (C=O) groups is 2. The van der Waals surface area contributed by atoms with Gasteiger partial charge in [0.15, 0.2) is 0 Å². The summed E-state index contributed by atoms with van der Waals surface area (Å²) in [4.78, 5) is 37.1. The van der Waals surface area contributed by atoms with E-state index in [9.17, 15) is 19.8 Å². The molecule has 0 amide bonds. The van der Waals surface area contributed by atoms with Crippen LogP contribution in [-0.2, 0) is 55.2 Å². The second-order valence-corrected chi connectivity index (χ2v) is 11.7. The van der Waals surface area contributed by atoms with Crippen molar-refractivity contribution in [2.45, 2.75) is 79.1 Å². The van der Waals surface area contributed by atoms with Crippen molar-refractivity contribution < 1.29 is 19.8 Å². The number of aliphatic carboxylic acids is 2. The van der Waals surface area contributed by atoms with Gasteiger partial charge in [0, 0.05) is 42.7 Å². The van der Waals surface area contributed by atoms with Gasteiger partial charge in [-0.2, -0.15) is 17.1 Å². The highest BCUT2D eigenvalue weighted by Gasteiger charge is 2.21. The number of hydrogen-bond donors (Lipinski definition) is 3. The molecule has 4 aromatic heterocycles. The van der Waals surface area contributed by atoms with Crippen LogP contribution in [0.25, 0.3) is 12.2 Å². The minimum atomic E-state index is -0.847. The summed E-state index contributed by atoms with van der Waals surface area (Å²) in [5.74, 6) is -1.69. The molecule has 226 valence electrons. The molecule has 0 atom stereocenters. The molecule has 8 bridgehead atoms. The third-order valence-electron chi connectivity index (χ3n) is 9.39. The molecule has 8 heteroatoms. The van der Waals surface area contributed by atoms with E-state index in [4.69, 9.17) is 9.97 Å². The van der Waals surface area contributed by atoms with Gasteiger partial charge in [-0.05, 0) is 94.0 Å². The minimum absolute atomic E-state index is 0.0161. The fraction of sp³-hybridized carbons (Fsp3) is 0.371. The summed E-state index contributed by atoms with van der Waals surface area (Å²) in [6.07, 6.45) is 6.89. The van der Waals surface area contributed by atoms with Gasteiger partial charge in [-0.15, -0.1) is 5.69 Å². The first-order valence-corrected chi connectivity index (χ1v) is 14.8. The zero-order valence-electron chi connectivity index (χ0n) is 25.8. The van der Waals surface area contributed by atoms with Crippen molar-refractivity contribution in [2.24, 2.45) is 7.05 Å². The first-order valence-electron chi connectivity index (χ1n) is 14.8. The van der Waals surface area contributed by atoms with Crippen LogP contribution in [0.4, 0.5) is 0 Å². The van der Waals surface area contributed by atoms with Crippen LogP contribution >= 0.6 is 0 Å². The Morgan fingerprint density at radius 3 is 1.91 bits per heavy atom. The Morgan fingerprint density at radius 1 is 0.721 bits per heavy atom. The van der Waals surface area contributed by atoms with Crippen molar-refractivity contribution in [2.75, 3.05) is 0 Å². The Bertz CT molecular complexity index is 1770. The first kappa shape index (κ1) is 30.0. The van der Waals surface area contributed by atoms with Crippen molar-refractivity contribution in [1.82, 2.24) is 19.5 Å². The van der Waals surface area contributed by atoms with Crippen LogP contribution in [0.2, 0.25) is 0 Å². The van der Waals surface area contributed by atoms with E-state index >= 15 is 0 Å². The second-order valence-electron chi connectivity index (χ2n) is 11.7. The molecule has 0 aromatic carbocycles. The smallest absolute Gasteiger partial charge is 0.303 e. The van der Waals surface area contributed by atoms with E-state index in [1.807, 2.05) is 26.0 Å². The highest BCUT2D eigenvalue weighted by atomic mass is 16.4.